The zero-order chi connectivity index (χ0) is 12.1. The van der Waals surface area contributed by atoms with Crippen molar-refractivity contribution in [3.8, 4) is 0 Å². The molecule has 0 aromatic heterocycles. The van der Waals surface area contributed by atoms with Gasteiger partial charge in [0.15, 0.2) is 0 Å². The van der Waals surface area contributed by atoms with Gasteiger partial charge in [-0.2, -0.15) is 0 Å². The molecule has 0 rings (SSSR count). The predicted molar refractivity (Wildman–Crippen MR) is 36.2 cm³/mol. The van der Waals surface area contributed by atoms with E-state index >= 15 is 0 Å². The Morgan fingerprint density at radius 1 is 0.929 bits per heavy atom. The van der Waals surface area contributed by atoms with Crippen molar-refractivity contribution in [2.75, 3.05) is 14.2 Å². The van der Waals surface area contributed by atoms with Gasteiger partial charge in [-0.05, 0) is 0 Å². The molecule has 0 aliphatic heterocycles. The second-order valence-electron chi connectivity index (χ2n) is 1.14. The van der Waals surface area contributed by atoms with Gasteiger partial charge in [-0.3, -0.25) is 0 Å². The third-order valence-corrected chi connectivity index (χ3v) is 0.321. The Morgan fingerprint density at radius 3 is 1.00 bits per heavy atom. The monoisotopic (exact) mass is 220 g/mol. The van der Waals surface area contributed by atoms with Crippen molar-refractivity contribution >= 4 is 18.7 Å². The number of ether oxygens (including phenoxy) is 2. The Morgan fingerprint density at radius 2 is 1.00 bits per heavy atom. The fraction of sp³-hybridized carbons (Fsp3) is 0.400. The molecular weight excluding hydrogens is 213 g/mol. The van der Waals surface area contributed by atoms with Crippen LogP contribution in [0.15, 0.2) is 0 Å². The average molecular weight is 220 g/mol. The first kappa shape index (κ1) is 18.1. The maximum atomic E-state index is 10.6. The molecule has 6 nitrogen and oxygen atoms in total. The summed E-state index contributed by atoms with van der Waals surface area (Å²) < 4.78 is 37.9. The van der Waals surface area contributed by atoms with Gasteiger partial charge in [0.1, 0.15) is 0 Å². The number of rotatable bonds is 0. The summed E-state index contributed by atoms with van der Waals surface area (Å²) in [4.78, 5) is 26.2. The van der Waals surface area contributed by atoms with E-state index in [0.717, 1.165) is 14.2 Å². The third-order valence-electron chi connectivity index (χ3n) is 0.321. The number of hydrogen-bond donors (Lipinski definition) is 1. The maximum Gasteiger partial charge on any atom is 0.495 e. The van der Waals surface area contributed by atoms with E-state index in [4.69, 9.17) is 19.5 Å². The van der Waals surface area contributed by atoms with Gasteiger partial charge in [0.2, 0.25) is 0 Å². The summed E-state index contributed by atoms with van der Waals surface area (Å²) in [5, 5.41) is 6.75. The maximum absolute atomic E-state index is 10.6. The van der Waals surface area contributed by atoms with Crippen LogP contribution in [0, 0.1) is 0 Å². The summed E-state index contributed by atoms with van der Waals surface area (Å²) in [6.45, 7) is 0. The Kier molecular flexibility index (Phi) is 17.8. The fourth-order valence-electron chi connectivity index (χ4n) is 0. The number of hydrogen-bond acceptors (Lipinski definition) is 5. The lowest BCUT2D eigenvalue weighted by Crippen LogP contribution is -1.82. The molecule has 14 heavy (non-hydrogen) atoms. The van der Waals surface area contributed by atoms with Crippen LogP contribution in [0.2, 0.25) is 0 Å². The lowest BCUT2D eigenvalue weighted by atomic mass is 11.4. The van der Waals surface area contributed by atoms with Crippen molar-refractivity contribution < 1.29 is 42.1 Å². The van der Waals surface area contributed by atoms with Gasteiger partial charge < -0.3 is 14.6 Å². The fourth-order valence-corrected chi connectivity index (χ4v) is 0. The molecule has 1 N–H and O–H groups in total. The van der Waals surface area contributed by atoms with Crippen LogP contribution >= 0.6 is 0 Å². The first-order valence-electron chi connectivity index (χ1n) is 2.63. The van der Waals surface area contributed by atoms with Crippen molar-refractivity contribution in [3.05, 3.63) is 0 Å². The van der Waals surface area contributed by atoms with Crippen molar-refractivity contribution in [2.24, 2.45) is 0 Å². The molecule has 0 spiro atoms. The molecule has 9 heteroatoms. The highest BCUT2D eigenvalue weighted by Crippen LogP contribution is 1.71. The molecule has 0 aromatic carbocycles. The molecule has 0 amide bonds. The summed E-state index contributed by atoms with van der Waals surface area (Å²) in [6, 6.07) is 0. The van der Waals surface area contributed by atoms with E-state index in [1.54, 1.807) is 0 Å². The summed E-state index contributed by atoms with van der Waals surface area (Å²) in [7, 11) is 1.95. The second kappa shape index (κ2) is 13.8. The molecule has 0 aliphatic rings. The number of carbonyl (C=O) groups is 3. The molecule has 0 heterocycles. The van der Waals surface area contributed by atoms with Gasteiger partial charge in [0, 0.05) is 0 Å². The van der Waals surface area contributed by atoms with E-state index in [2.05, 4.69) is 9.47 Å². The molecule has 0 aromatic rings. The summed E-state index contributed by atoms with van der Waals surface area (Å²) in [5.41, 5.74) is 0. The van der Waals surface area contributed by atoms with Crippen LogP contribution in [-0.2, 0) is 9.47 Å². The smallest absolute Gasteiger partial charge is 0.456 e. The highest BCUT2D eigenvalue weighted by atomic mass is 19.2. The van der Waals surface area contributed by atoms with Gasteiger partial charge in [0.05, 0.1) is 14.2 Å². The van der Waals surface area contributed by atoms with Crippen LogP contribution in [0.3, 0.4) is 0 Å². The van der Waals surface area contributed by atoms with Crippen molar-refractivity contribution in [3.63, 3.8) is 0 Å². The second-order valence-corrected chi connectivity index (χ2v) is 1.14. The molecule has 0 atom stereocenters. The minimum absolute atomic E-state index is 0.975. The van der Waals surface area contributed by atoms with Crippen molar-refractivity contribution in [2.45, 2.75) is 0 Å². The summed E-state index contributed by atoms with van der Waals surface area (Å²) >= 11 is 0. The SMILES string of the molecule is COC(=O)F.COC(=O)F.O=C(O)F. The molecular formula is C5H7F3O6. The van der Waals surface area contributed by atoms with E-state index in [-0.39, 0.29) is 0 Å². The predicted octanol–water partition coefficient (Wildman–Crippen LogP) is 2.08. The molecule has 0 saturated carbocycles. The van der Waals surface area contributed by atoms with E-state index < -0.39 is 18.7 Å². The van der Waals surface area contributed by atoms with Gasteiger partial charge >= 0.3 is 18.7 Å². The van der Waals surface area contributed by atoms with Crippen LogP contribution in [0.5, 0.6) is 0 Å². The summed E-state index contributed by atoms with van der Waals surface area (Å²) in [5.74, 6) is 0. The van der Waals surface area contributed by atoms with Crippen molar-refractivity contribution in [1.29, 1.82) is 0 Å². The Bertz CT molecular complexity index is 164. The zero-order valence-corrected chi connectivity index (χ0v) is 7.12. The topological polar surface area (TPSA) is 89.9 Å². The molecule has 0 bridgehead atoms. The highest BCUT2D eigenvalue weighted by Gasteiger charge is 1.84. The zero-order valence-electron chi connectivity index (χ0n) is 7.12. The lowest BCUT2D eigenvalue weighted by molar-refractivity contribution is 0.143. The minimum Gasteiger partial charge on any atom is -0.456 e. The number of carbonyl (C=O) groups excluding carboxylic acids is 2. The summed E-state index contributed by atoms with van der Waals surface area (Å²) in [6.07, 6.45) is -5.82. The normalized spacial score (nSPS) is 6.64. The molecule has 0 radical (unpaired) electrons. The highest BCUT2D eigenvalue weighted by molar-refractivity contribution is 5.57. The molecule has 0 fully saturated rings. The largest absolute Gasteiger partial charge is 0.495 e. The molecule has 84 valence electrons. The first-order valence-corrected chi connectivity index (χ1v) is 2.63. The van der Waals surface area contributed by atoms with E-state index in [9.17, 15) is 13.2 Å². The number of halogens is 3. The van der Waals surface area contributed by atoms with Gasteiger partial charge in [-0.15, -0.1) is 13.2 Å². The Balaban J connectivity index is -0.000000131. The first-order chi connectivity index (χ1) is 6.27. The quantitative estimate of drug-likeness (QED) is 0.628. The Labute approximate surface area is 76.2 Å². The molecule has 0 aliphatic carbocycles. The average Bonchev–Trinajstić information content (AvgIpc) is 2.04. The van der Waals surface area contributed by atoms with Crippen LogP contribution < -0.4 is 0 Å². The molecule has 0 unspecified atom stereocenters. The van der Waals surface area contributed by atoms with E-state index in [0.29, 0.717) is 0 Å². The lowest BCUT2D eigenvalue weighted by Gasteiger charge is -1.75. The van der Waals surface area contributed by atoms with Gasteiger partial charge in [0.25, 0.3) is 0 Å². The van der Waals surface area contributed by atoms with Crippen LogP contribution in [0.4, 0.5) is 27.6 Å². The third kappa shape index (κ3) is 178. The van der Waals surface area contributed by atoms with E-state index in [1.165, 1.54) is 0 Å². The van der Waals surface area contributed by atoms with Crippen LogP contribution in [-0.4, -0.2) is 38.0 Å². The van der Waals surface area contributed by atoms with Crippen LogP contribution in [0.25, 0.3) is 0 Å². The van der Waals surface area contributed by atoms with Gasteiger partial charge in [-0.1, -0.05) is 0 Å². The van der Waals surface area contributed by atoms with Crippen LogP contribution in [0.1, 0.15) is 0 Å². The Hall–Kier alpha value is -1.80. The minimum atomic E-state index is -2.33. The number of methoxy groups -OCH3 is 2. The van der Waals surface area contributed by atoms with Crippen molar-refractivity contribution in [1.82, 2.24) is 0 Å². The van der Waals surface area contributed by atoms with E-state index in [1.807, 2.05) is 0 Å². The molecule has 0 saturated heterocycles. The van der Waals surface area contributed by atoms with Gasteiger partial charge in [-0.25, -0.2) is 14.4 Å². The number of carboxylic acid groups (broad SMARTS) is 1. The standard InChI is InChI=1S/2C2H3FO2.CHFO2/c2*1-5-2(3)4;2-1(3)4/h2*1H3;(H,3,4).